The second-order valence-electron chi connectivity index (χ2n) is 5.61. The van der Waals surface area contributed by atoms with Gasteiger partial charge < -0.3 is 5.73 Å². The number of hydrogen-bond acceptors (Lipinski definition) is 4. The van der Waals surface area contributed by atoms with Crippen molar-refractivity contribution in [2.24, 2.45) is 11.7 Å². The highest BCUT2D eigenvalue weighted by atomic mass is 32.2. The number of rotatable bonds is 3. The predicted molar refractivity (Wildman–Crippen MR) is 76.5 cm³/mol. The zero-order chi connectivity index (χ0) is 14.0. The third-order valence-electron chi connectivity index (χ3n) is 4.03. The van der Waals surface area contributed by atoms with Gasteiger partial charge in [-0.2, -0.15) is 0 Å². The largest absolute Gasteiger partial charge is 0.322 e. The van der Waals surface area contributed by atoms with Crippen LogP contribution in [0, 0.1) is 12.8 Å². The van der Waals surface area contributed by atoms with Crippen molar-refractivity contribution in [1.29, 1.82) is 0 Å². The number of pyridine rings is 1. The molecule has 3 atom stereocenters. The fraction of sp³-hybridized carbons (Fsp3) is 0.643. The molecule has 0 aliphatic heterocycles. The Labute approximate surface area is 115 Å². The Bertz CT molecular complexity index is 542. The number of sulfone groups is 1. The molecule has 2 N–H and O–H groups in total. The summed E-state index contributed by atoms with van der Waals surface area (Å²) in [5.74, 6) is 0.211. The van der Waals surface area contributed by atoms with E-state index in [0.717, 1.165) is 30.7 Å². The lowest BCUT2D eigenvalue weighted by molar-refractivity contribution is 0.305. The minimum atomic E-state index is -2.96. The third kappa shape index (κ3) is 3.54. The first-order valence-corrected chi connectivity index (χ1v) is 8.71. The van der Waals surface area contributed by atoms with Crippen LogP contribution in [-0.4, -0.2) is 24.9 Å². The van der Waals surface area contributed by atoms with Gasteiger partial charge in [-0.15, -0.1) is 0 Å². The number of aromatic nitrogens is 1. The van der Waals surface area contributed by atoms with E-state index >= 15 is 0 Å². The first-order valence-electron chi connectivity index (χ1n) is 6.76. The number of aryl methyl sites for hydroxylation is 1. The van der Waals surface area contributed by atoms with Crippen molar-refractivity contribution in [3.8, 4) is 0 Å². The highest BCUT2D eigenvalue weighted by Gasteiger charge is 2.32. The van der Waals surface area contributed by atoms with E-state index in [4.69, 9.17) is 5.73 Å². The van der Waals surface area contributed by atoms with E-state index < -0.39 is 9.84 Å². The molecule has 0 spiro atoms. The number of nitrogens with zero attached hydrogens (tertiary/aromatic N) is 1. The first-order chi connectivity index (χ1) is 8.88. The molecule has 0 radical (unpaired) electrons. The van der Waals surface area contributed by atoms with Crippen LogP contribution in [0.1, 0.15) is 43.1 Å². The van der Waals surface area contributed by atoms with Gasteiger partial charge in [-0.3, -0.25) is 4.98 Å². The molecule has 4 nitrogen and oxygen atoms in total. The Morgan fingerprint density at radius 2 is 2.11 bits per heavy atom. The average Bonchev–Trinajstić information content (AvgIpc) is 2.37. The Balaban J connectivity index is 2.13. The van der Waals surface area contributed by atoms with E-state index in [1.807, 2.05) is 25.1 Å². The van der Waals surface area contributed by atoms with Crippen molar-refractivity contribution in [2.45, 2.75) is 43.9 Å². The molecule has 106 valence electrons. The summed E-state index contributed by atoms with van der Waals surface area (Å²) in [6.07, 6.45) is 4.68. The average molecular weight is 282 g/mol. The van der Waals surface area contributed by atoms with Crippen LogP contribution in [0.3, 0.4) is 0 Å². The van der Waals surface area contributed by atoms with Crippen LogP contribution < -0.4 is 5.73 Å². The lowest BCUT2D eigenvalue weighted by atomic mass is 9.82. The Hall–Kier alpha value is -0.940. The molecule has 1 saturated carbocycles. The summed E-state index contributed by atoms with van der Waals surface area (Å²) in [5, 5.41) is -0.234. The molecule has 0 amide bonds. The normalized spacial score (nSPS) is 26.1. The molecular weight excluding hydrogens is 260 g/mol. The van der Waals surface area contributed by atoms with E-state index in [0.29, 0.717) is 6.42 Å². The van der Waals surface area contributed by atoms with Gasteiger partial charge in [-0.1, -0.05) is 12.5 Å². The molecule has 3 unspecified atom stereocenters. The topological polar surface area (TPSA) is 73.1 Å². The standard InChI is InChI=1S/C14H22N2O2S/c1-10-5-3-8-13(16-10)14(15)11-6-4-7-12(9-11)19(2,17)18/h3,5,8,11-12,14H,4,6-7,9,15H2,1-2H3. The molecule has 2 rings (SSSR count). The van der Waals surface area contributed by atoms with Gasteiger partial charge in [-0.05, 0) is 44.2 Å². The summed E-state index contributed by atoms with van der Waals surface area (Å²) in [5.41, 5.74) is 8.11. The lowest BCUT2D eigenvalue weighted by Gasteiger charge is -2.31. The highest BCUT2D eigenvalue weighted by Crippen LogP contribution is 2.35. The molecule has 1 aliphatic rings. The minimum absolute atomic E-state index is 0.163. The predicted octanol–water partition coefficient (Wildman–Crippen LogP) is 1.99. The fourth-order valence-electron chi connectivity index (χ4n) is 2.89. The molecule has 0 aromatic carbocycles. The van der Waals surface area contributed by atoms with Crippen molar-refractivity contribution in [2.75, 3.05) is 6.26 Å². The number of nitrogens with two attached hydrogens (primary N) is 1. The molecule has 1 heterocycles. The van der Waals surface area contributed by atoms with Crippen LogP contribution in [-0.2, 0) is 9.84 Å². The fourth-order valence-corrected chi connectivity index (χ4v) is 4.08. The third-order valence-corrected chi connectivity index (χ3v) is 5.67. The molecule has 5 heteroatoms. The second kappa shape index (κ2) is 5.59. The van der Waals surface area contributed by atoms with Gasteiger partial charge in [0, 0.05) is 18.0 Å². The molecule has 1 fully saturated rings. The van der Waals surface area contributed by atoms with E-state index in [-0.39, 0.29) is 17.2 Å². The van der Waals surface area contributed by atoms with Crippen LogP contribution in [0.2, 0.25) is 0 Å². The maximum absolute atomic E-state index is 11.7. The Morgan fingerprint density at radius 3 is 2.74 bits per heavy atom. The van der Waals surface area contributed by atoms with E-state index in [9.17, 15) is 8.42 Å². The Kier molecular flexibility index (Phi) is 4.26. The van der Waals surface area contributed by atoms with Gasteiger partial charge in [0.25, 0.3) is 0 Å². The molecule has 19 heavy (non-hydrogen) atoms. The molecule has 1 aromatic heterocycles. The summed E-state index contributed by atoms with van der Waals surface area (Å²) < 4.78 is 23.4. The van der Waals surface area contributed by atoms with Crippen LogP contribution in [0.4, 0.5) is 0 Å². The van der Waals surface area contributed by atoms with Crippen molar-refractivity contribution in [3.63, 3.8) is 0 Å². The van der Waals surface area contributed by atoms with Gasteiger partial charge in [0.2, 0.25) is 0 Å². The zero-order valence-electron chi connectivity index (χ0n) is 11.5. The highest BCUT2D eigenvalue weighted by molar-refractivity contribution is 7.91. The van der Waals surface area contributed by atoms with Gasteiger partial charge in [0.1, 0.15) is 9.84 Å². The van der Waals surface area contributed by atoms with Crippen LogP contribution in [0.15, 0.2) is 18.2 Å². The summed E-state index contributed by atoms with van der Waals surface area (Å²) in [4.78, 5) is 4.46. The minimum Gasteiger partial charge on any atom is -0.322 e. The summed E-state index contributed by atoms with van der Waals surface area (Å²) in [7, 11) is -2.96. The van der Waals surface area contributed by atoms with Crippen molar-refractivity contribution < 1.29 is 8.42 Å². The smallest absolute Gasteiger partial charge is 0.150 e. The van der Waals surface area contributed by atoms with Gasteiger partial charge in [0.05, 0.1) is 10.9 Å². The quantitative estimate of drug-likeness (QED) is 0.920. The summed E-state index contributed by atoms with van der Waals surface area (Å²) in [6.45, 7) is 1.94. The molecular formula is C14H22N2O2S. The van der Waals surface area contributed by atoms with E-state index in [1.165, 1.54) is 6.26 Å². The van der Waals surface area contributed by atoms with Crippen molar-refractivity contribution in [1.82, 2.24) is 4.98 Å². The van der Waals surface area contributed by atoms with E-state index in [2.05, 4.69) is 4.98 Å². The first kappa shape index (κ1) is 14.5. The molecule has 0 saturated heterocycles. The van der Waals surface area contributed by atoms with Gasteiger partial charge in [-0.25, -0.2) is 8.42 Å². The lowest BCUT2D eigenvalue weighted by Crippen LogP contribution is -2.33. The monoisotopic (exact) mass is 282 g/mol. The molecule has 0 bridgehead atoms. The molecule has 1 aromatic rings. The maximum Gasteiger partial charge on any atom is 0.150 e. The van der Waals surface area contributed by atoms with Crippen LogP contribution in [0.5, 0.6) is 0 Å². The van der Waals surface area contributed by atoms with Gasteiger partial charge in [0.15, 0.2) is 0 Å². The zero-order valence-corrected chi connectivity index (χ0v) is 12.4. The van der Waals surface area contributed by atoms with Crippen molar-refractivity contribution in [3.05, 3.63) is 29.6 Å². The van der Waals surface area contributed by atoms with E-state index in [1.54, 1.807) is 0 Å². The van der Waals surface area contributed by atoms with Crippen LogP contribution >= 0.6 is 0 Å². The number of hydrogen-bond donors (Lipinski definition) is 1. The summed E-state index contributed by atoms with van der Waals surface area (Å²) >= 11 is 0. The summed E-state index contributed by atoms with van der Waals surface area (Å²) in [6, 6.07) is 5.66. The second-order valence-corrected chi connectivity index (χ2v) is 7.93. The maximum atomic E-state index is 11.7. The molecule has 1 aliphatic carbocycles. The Morgan fingerprint density at radius 1 is 1.37 bits per heavy atom. The van der Waals surface area contributed by atoms with Crippen molar-refractivity contribution >= 4 is 9.84 Å². The van der Waals surface area contributed by atoms with Crippen LogP contribution in [0.25, 0.3) is 0 Å². The van der Waals surface area contributed by atoms with Gasteiger partial charge >= 0.3 is 0 Å². The SMILES string of the molecule is Cc1cccc(C(N)C2CCCC(S(C)(=O)=O)C2)n1.